The van der Waals surface area contributed by atoms with Crippen LogP contribution in [-0.2, 0) is 0 Å². The molecule has 0 aliphatic carbocycles. The van der Waals surface area contributed by atoms with Crippen LogP contribution in [0.5, 0.6) is 0 Å². The second kappa shape index (κ2) is 6.26. The summed E-state index contributed by atoms with van der Waals surface area (Å²) in [6.07, 6.45) is 1.87. The highest BCUT2D eigenvalue weighted by molar-refractivity contribution is 6.31. The highest BCUT2D eigenvalue weighted by Crippen LogP contribution is 2.34. The summed E-state index contributed by atoms with van der Waals surface area (Å²) in [6, 6.07) is 29.1. The molecule has 0 aliphatic rings. The van der Waals surface area contributed by atoms with Gasteiger partial charge >= 0.3 is 0 Å². The summed E-state index contributed by atoms with van der Waals surface area (Å²) in [5, 5.41) is 7.65. The fourth-order valence-corrected chi connectivity index (χ4v) is 4.32. The Bertz CT molecular complexity index is 1530. The molecule has 1 aromatic heterocycles. The summed E-state index contributed by atoms with van der Waals surface area (Å²) in [5.74, 6) is 0. The third-order valence-electron chi connectivity index (χ3n) is 5.53. The molecule has 0 N–H and O–H groups in total. The first-order valence-electron chi connectivity index (χ1n) is 9.54. The van der Waals surface area contributed by atoms with Crippen molar-refractivity contribution < 1.29 is 0 Å². The zero-order chi connectivity index (χ0) is 19.4. The standard InChI is InChI=1S/C26H15ClN2/c27-19-12-11-16-9-10-17(13-18(16)14-19)24-15-28-25-22-7-3-1-5-20(22)21-6-2-4-8-23(21)26(25)29-24/h1-15H. The molecule has 2 nitrogen and oxygen atoms in total. The summed E-state index contributed by atoms with van der Waals surface area (Å²) in [4.78, 5) is 9.90. The van der Waals surface area contributed by atoms with Gasteiger partial charge in [-0.1, -0.05) is 78.3 Å². The van der Waals surface area contributed by atoms with Crippen LogP contribution < -0.4 is 0 Å². The largest absolute Gasteiger partial charge is 0.252 e. The molecule has 0 fully saturated rings. The van der Waals surface area contributed by atoms with Crippen molar-refractivity contribution in [2.75, 3.05) is 0 Å². The average molecular weight is 391 g/mol. The Morgan fingerprint density at radius 2 is 1.24 bits per heavy atom. The van der Waals surface area contributed by atoms with E-state index in [2.05, 4.69) is 66.7 Å². The number of nitrogens with zero attached hydrogens (tertiary/aromatic N) is 2. The minimum Gasteiger partial charge on any atom is -0.252 e. The lowest BCUT2D eigenvalue weighted by Gasteiger charge is -2.10. The molecule has 136 valence electrons. The van der Waals surface area contributed by atoms with Gasteiger partial charge in [0.15, 0.2) is 0 Å². The summed E-state index contributed by atoms with van der Waals surface area (Å²) < 4.78 is 0. The van der Waals surface area contributed by atoms with Gasteiger partial charge in [0.2, 0.25) is 0 Å². The van der Waals surface area contributed by atoms with Crippen LogP contribution in [0, 0.1) is 0 Å². The fourth-order valence-electron chi connectivity index (χ4n) is 4.14. The third-order valence-corrected chi connectivity index (χ3v) is 5.76. The van der Waals surface area contributed by atoms with Crippen molar-refractivity contribution in [1.29, 1.82) is 0 Å². The quantitative estimate of drug-likeness (QED) is 0.273. The van der Waals surface area contributed by atoms with Gasteiger partial charge in [0.25, 0.3) is 0 Å². The molecule has 3 heteroatoms. The maximum absolute atomic E-state index is 6.19. The smallest absolute Gasteiger partial charge is 0.0979 e. The van der Waals surface area contributed by atoms with Gasteiger partial charge in [0, 0.05) is 21.4 Å². The minimum absolute atomic E-state index is 0.733. The Morgan fingerprint density at radius 1 is 0.586 bits per heavy atom. The van der Waals surface area contributed by atoms with Crippen molar-refractivity contribution in [3.05, 3.63) is 96.1 Å². The highest BCUT2D eigenvalue weighted by atomic mass is 35.5. The van der Waals surface area contributed by atoms with E-state index in [1.807, 2.05) is 24.4 Å². The minimum atomic E-state index is 0.733. The third kappa shape index (κ3) is 2.57. The Morgan fingerprint density at radius 3 is 2.00 bits per heavy atom. The summed E-state index contributed by atoms with van der Waals surface area (Å²) in [5.41, 5.74) is 3.76. The van der Waals surface area contributed by atoms with Crippen LogP contribution in [0.2, 0.25) is 5.02 Å². The van der Waals surface area contributed by atoms with Gasteiger partial charge in [-0.05, 0) is 39.7 Å². The molecule has 5 aromatic carbocycles. The Kier molecular flexibility index (Phi) is 3.56. The first kappa shape index (κ1) is 16.5. The van der Waals surface area contributed by atoms with E-state index in [1.54, 1.807) is 0 Å². The highest BCUT2D eigenvalue weighted by Gasteiger charge is 2.12. The Hall–Kier alpha value is -3.49. The first-order valence-corrected chi connectivity index (χ1v) is 9.92. The second-order valence-electron chi connectivity index (χ2n) is 7.25. The predicted molar refractivity (Wildman–Crippen MR) is 123 cm³/mol. The Labute approximate surface area is 172 Å². The lowest BCUT2D eigenvalue weighted by atomic mass is 9.99. The molecule has 0 amide bonds. The van der Waals surface area contributed by atoms with Gasteiger partial charge in [0.05, 0.1) is 22.9 Å². The van der Waals surface area contributed by atoms with Gasteiger partial charge < -0.3 is 0 Å². The van der Waals surface area contributed by atoms with Crippen LogP contribution in [0.1, 0.15) is 0 Å². The van der Waals surface area contributed by atoms with E-state index < -0.39 is 0 Å². The number of rotatable bonds is 1. The summed E-state index contributed by atoms with van der Waals surface area (Å²) in [6.45, 7) is 0. The van der Waals surface area contributed by atoms with Crippen molar-refractivity contribution in [1.82, 2.24) is 9.97 Å². The first-order chi connectivity index (χ1) is 14.3. The van der Waals surface area contributed by atoms with E-state index in [9.17, 15) is 0 Å². The zero-order valence-electron chi connectivity index (χ0n) is 15.4. The molecule has 0 spiro atoms. The van der Waals surface area contributed by atoms with Crippen LogP contribution >= 0.6 is 11.6 Å². The normalized spacial score (nSPS) is 11.6. The molecule has 0 saturated carbocycles. The molecule has 0 bridgehead atoms. The molecule has 29 heavy (non-hydrogen) atoms. The molecule has 6 rings (SSSR count). The van der Waals surface area contributed by atoms with Gasteiger partial charge in [-0.15, -0.1) is 0 Å². The maximum Gasteiger partial charge on any atom is 0.0979 e. The van der Waals surface area contributed by atoms with Crippen molar-refractivity contribution in [3.8, 4) is 11.3 Å². The van der Waals surface area contributed by atoms with Gasteiger partial charge in [-0.25, -0.2) is 4.98 Å². The number of benzene rings is 5. The molecule has 0 aliphatic heterocycles. The van der Waals surface area contributed by atoms with E-state index in [-0.39, 0.29) is 0 Å². The number of aromatic nitrogens is 2. The molecule has 6 aromatic rings. The number of hydrogen-bond donors (Lipinski definition) is 0. The summed E-state index contributed by atoms with van der Waals surface area (Å²) in [7, 11) is 0. The zero-order valence-corrected chi connectivity index (χ0v) is 16.2. The van der Waals surface area contributed by atoms with Gasteiger partial charge in [0.1, 0.15) is 0 Å². The molecule has 0 atom stereocenters. The van der Waals surface area contributed by atoms with E-state index in [1.165, 1.54) is 10.8 Å². The van der Waals surface area contributed by atoms with Gasteiger partial charge in [-0.2, -0.15) is 0 Å². The van der Waals surface area contributed by atoms with Crippen LogP contribution in [0.4, 0.5) is 0 Å². The van der Waals surface area contributed by atoms with Crippen molar-refractivity contribution in [3.63, 3.8) is 0 Å². The average Bonchev–Trinajstić information content (AvgIpc) is 2.78. The van der Waals surface area contributed by atoms with Crippen LogP contribution in [-0.4, -0.2) is 9.97 Å². The summed E-state index contributed by atoms with van der Waals surface area (Å²) >= 11 is 6.19. The SMILES string of the molecule is Clc1ccc2ccc(-c3cnc4c5ccccc5c5ccccc5c4n3)cc2c1. The molecular weight excluding hydrogens is 376 g/mol. The van der Waals surface area contributed by atoms with E-state index in [0.717, 1.165) is 48.9 Å². The molecular formula is C26H15ClN2. The molecule has 0 radical (unpaired) electrons. The van der Waals surface area contributed by atoms with Crippen LogP contribution in [0.25, 0.3) is 54.6 Å². The number of halogens is 1. The Balaban J connectivity index is 1.68. The molecule has 0 unspecified atom stereocenters. The van der Waals surface area contributed by atoms with Crippen LogP contribution in [0.15, 0.2) is 91.1 Å². The second-order valence-corrected chi connectivity index (χ2v) is 7.69. The van der Waals surface area contributed by atoms with E-state index in [0.29, 0.717) is 0 Å². The maximum atomic E-state index is 6.19. The molecule has 0 saturated heterocycles. The van der Waals surface area contributed by atoms with E-state index >= 15 is 0 Å². The fraction of sp³-hybridized carbons (Fsp3) is 0. The predicted octanol–water partition coefficient (Wildman–Crippen LogP) is 7.41. The van der Waals surface area contributed by atoms with Crippen LogP contribution in [0.3, 0.4) is 0 Å². The number of fused-ring (bicyclic) bond motifs is 7. The van der Waals surface area contributed by atoms with Crippen molar-refractivity contribution in [2.24, 2.45) is 0 Å². The lowest BCUT2D eigenvalue weighted by Crippen LogP contribution is -1.92. The van der Waals surface area contributed by atoms with E-state index in [4.69, 9.17) is 21.6 Å². The topological polar surface area (TPSA) is 25.8 Å². The number of hydrogen-bond acceptors (Lipinski definition) is 2. The van der Waals surface area contributed by atoms with Gasteiger partial charge in [-0.3, -0.25) is 4.98 Å². The van der Waals surface area contributed by atoms with Crippen molar-refractivity contribution >= 4 is 55.0 Å². The lowest BCUT2D eigenvalue weighted by molar-refractivity contribution is 1.31. The molecule has 1 heterocycles. The monoisotopic (exact) mass is 390 g/mol. The van der Waals surface area contributed by atoms with Crippen molar-refractivity contribution in [2.45, 2.75) is 0 Å².